The van der Waals surface area contributed by atoms with Crippen LogP contribution < -0.4 is 15.0 Å². The summed E-state index contributed by atoms with van der Waals surface area (Å²) < 4.78 is 47.3. The van der Waals surface area contributed by atoms with Gasteiger partial charge in [0.15, 0.2) is 0 Å². The second-order valence-electron chi connectivity index (χ2n) is 10.4. The quantitative estimate of drug-likeness (QED) is 0.259. The number of hydrogen-bond donors (Lipinski definition) is 1. The number of nitrogens with zero attached hydrogens (tertiary/aromatic N) is 6. The monoisotopic (exact) mass is 573 g/mol. The van der Waals surface area contributed by atoms with Gasteiger partial charge in [0.2, 0.25) is 5.95 Å². The number of para-hydroxylation sites is 1. The second-order valence-corrected chi connectivity index (χ2v) is 10.4. The molecule has 11 heteroatoms. The Morgan fingerprint density at radius 2 is 1.67 bits per heavy atom. The summed E-state index contributed by atoms with van der Waals surface area (Å²) in [6.07, 6.45) is 0.269. The van der Waals surface area contributed by atoms with Crippen LogP contribution in [0.4, 0.5) is 30.5 Å². The minimum atomic E-state index is -4.53. The van der Waals surface area contributed by atoms with Crippen LogP contribution in [0.25, 0.3) is 33.3 Å². The van der Waals surface area contributed by atoms with E-state index in [1.165, 1.54) is 12.3 Å². The van der Waals surface area contributed by atoms with Crippen LogP contribution in [0.3, 0.4) is 0 Å². The average molecular weight is 574 g/mol. The molecule has 0 atom stereocenters. The summed E-state index contributed by atoms with van der Waals surface area (Å²) in [6.45, 7) is 3.79. The summed E-state index contributed by atoms with van der Waals surface area (Å²) in [5, 5.41) is 4.25. The third kappa shape index (κ3) is 5.35. The zero-order chi connectivity index (χ0) is 29.4. The molecule has 2 aromatic carbocycles. The lowest BCUT2D eigenvalue weighted by atomic mass is 10.0. The first kappa shape index (κ1) is 27.5. The minimum Gasteiger partial charge on any atom is -0.495 e. The van der Waals surface area contributed by atoms with Crippen molar-refractivity contribution in [3.63, 3.8) is 0 Å². The molecule has 8 nitrogen and oxygen atoms in total. The van der Waals surface area contributed by atoms with Crippen molar-refractivity contribution >= 4 is 28.2 Å². The number of alkyl halides is 3. The lowest BCUT2D eigenvalue weighted by Gasteiger charge is -2.34. The molecular formula is C31H30F3N7O. The van der Waals surface area contributed by atoms with Crippen LogP contribution in [0.2, 0.25) is 0 Å². The zero-order valence-electron chi connectivity index (χ0n) is 23.5. The van der Waals surface area contributed by atoms with Crippen molar-refractivity contribution in [3.8, 4) is 28.1 Å². The van der Waals surface area contributed by atoms with E-state index in [0.717, 1.165) is 65.8 Å². The fourth-order valence-electron chi connectivity index (χ4n) is 5.30. The maximum Gasteiger partial charge on any atom is 0.433 e. The van der Waals surface area contributed by atoms with Gasteiger partial charge < -0.3 is 24.4 Å². The molecule has 0 unspecified atom stereocenters. The van der Waals surface area contributed by atoms with Crippen LogP contribution in [-0.2, 0) is 13.2 Å². The van der Waals surface area contributed by atoms with Gasteiger partial charge in [0.05, 0.1) is 18.5 Å². The molecule has 0 radical (unpaired) electrons. The minimum absolute atomic E-state index is 0.343. The number of likely N-dealkylation sites (N-methyl/N-ethyl adjacent to an activating group) is 1. The summed E-state index contributed by atoms with van der Waals surface area (Å²) in [6, 6.07) is 16.2. The Morgan fingerprint density at radius 3 is 2.38 bits per heavy atom. The van der Waals surface area contributed by atoms with Crippen molar-refractivity contribution in [1.82, 2.24) is 24.4 Å². The Hall–Kier alpha value is -4.64. The standard InChI is InChI=1S/C31H30F3N7O/c1-39-12-14-41(15-13-39)26-10-9-21(16-27(26)42-3)37-30-36-18-23(20-8-11-28(35-17-20)31(32,33)34)29(38-30)24-19-40(2)25-7-5-4-6-22(24)25/h4-11,16-19H,12-15H2,1-3H3,(H,36,37,38). The molecule has 0 amide bonds. The van der Waals surface area contributed by atoms with E-state index in [0.29, 0.717) is 22.8 Å². The number of fused-ring (bicyclic) bond motifs is 1. The molecule has 3 aromatic heterocycles. The number of hydrogen-bond acceptors (Lipinski definition) is 7. The van der Waals surface area contributed by atoms with Crippen LogP contribution >= 0.6 is 0 Å². The average Bonchev–Trinajstić information content (AvgIpc) is 3.33. The normalized spacial score (nSPS) is 14.4. The first-order chi connectivity index (χ1) is 20.2. The predicted octanol–water partition coefficient (Wildman–Crippen LogP) is 6.22. The van der Waals surface area contributed by atoms with E-state index in [9.17, 15) is 13.2 Å². The number of halogens is 3. The van der Waals surface area contributed by atoms with E-state index < -0.39 is 11.9 Å². The van der Waals surface area contributed by atoms with E-state index in [1.54, 1.807) is 13.3 Å². The fourth-order valence-corrected chi connectivity index (χ4v) is 5.30. The van der Waals surface area contributed by atoms with Crippen molar-refractivity contribution in [2.45, 2.75) is 6.18 Å². The van der Waals surface area contributed by atoms with Gasteiger partial charge in [-0.15, -0.1) is 0 Å². The molecular weight excluding hydrogens is 543 g/mol. The van der Waals surface area contributed by atoms with E-state index in [4.69, 9.17) is 9.72 Å². The predicted molar refractivity (Wildman–Crippen MR) is 158 cm³/mol. The van der Waals surface area contributed by atoms with Crippen LogP contribution in [0, 0.1) is 0 Å². The third-order valence-corrected chi connectivity index (χ3v) is 7.59. The molecule has 1 aliphatic rings. The van der Waals surface area contributed by atoms with Crippen molar-refractivity contribution in [3.05, 3.63) is 78.9 Å². The number of anilines is 3. The smallest absolute Gasteiger partial charge is 0.433 e. The molecule has 0 spiro atoms. The molecule has 1 fully saturated rings. The second kappa shape index (κ2) is 11.0. The van der Waals surface area contributed by atoms with Crippen molar-refractivity contribution in [2.75, 3.05) is 50.6 Å². The molecule has 216 valence electrons. The Bertz CT molecular complexity index is 1730. The molecule has 6 rings (SSSR count). The number of benzene rings is 2. The maximum absolute atomic E-state index is 13.2. The molecule has 1 N–H and O–H groups in total. The number of pyridine rings is 1. The Morgan fingerprint density at radius 1 is 0.881 bits per heavy atom. The summed E-state index contributed by atoms with van der Waals surface area (Å²) in [5.41, 5.74) is 4.28. The van der Waals surface area contributed by atoms with Gasteiger partial charge in [-0.1, -0.05) is 24.3 Å². The van der Waals surface area contributed by atoms with Gasteiger partial charge in [-0.05, 0) is 31.3 Å². The lowest BCUT2D eigenvalue weighted by Crippen LogP contribution is -2.44. The summed E-state index contributed by atoms with van der Waals surface area (Å²) >= 11 is 0. The van der Waals surface area contributed by atoms with Gasteiger partial charge in [-0.3, -0.25) is 4.98 Å². The zero-order valence-corrected chi connectivity index (χ0v) is 23.5. The molecule has 42 heavy (non-hydrogen) atoms. The van der Waals surface area contributed by atoms with Crippen LogP contribution in [-0.4, -0.2) is 64.8 Å². The van der Waals surface area contributed by atoms with Crippen molar-refractivity contribution in [2.24, 2.45) is 7.05 Å². The first-order valence-corrected chi connectivity index (χ1v) is 13.5. The van der Waals surface area contributed by atoms with Crippen LogP contribution in [0.5, 0.6) is 5.75 Å². The molecule has 1 aliphatic heterocycles. The van der Waals surface area contributed by atoms with Crippen LogP contribution in [0.15, 0.2) is 73.2 Å². The summed E-state index contributed by atoms with van der Waals surface area (Å²) in [5.74, 6) is 1.09. The van der Waals surface area contributed by atoms with Crippen LogP contribution in [0.1, 0.15) is 5.69 Å². The van der Waals surface area contributed by atoms with Crippen molar-refractivity contribution < 1.29 is 17.9 Å². The summed E-state index contributed by atoms with van der Waals surface area (Å²) in [4.78, 5) is 17.7. The molecule has 5 aromatic rings. The lowest BCUT2D eigenvalue weighted by molar-refractivity contribution is -0.141. The topological polar surface area (TPSA) is 71.3 Å². The highest BCUT2D eigenvalue weighted by Crippen LogP contribution is 2.38. The van der Waals surface area contributed by atoms with Gasteiger partial charge in [-0.2, -0.15) is 13.2 Å². The fraction of sp³-hybridized carbons (Fsp3) is 0.258. The Kier molecular flexibility index (Phi) is 7.19. The first-order valence-electron chi connectivity index (χ1n) is 13.5. The Balaban J connectivity index is 1.39. The maximum atomic E-state index is 13.2. The molecule has 0 bridgehead atoms. The van der Waals surface area contributed by atoms with Crippen molar-refractivity contribution in [1.29, 1.82) is 0 Å². The van der Waals surface area contributed by atoms with Gasteiger partial charge >= 0.3 is 6.18 Å². The third-order valence-electron chi connectivity index (χ3n) is 7.59. The van der Waals surface area contributed by atoms with E-state index >= 15 is 0 Å². The number of ether oxygens (including phenoxy) is 1. The summed E-state index contributed by atoms with van der Waals surface area (Å²) in [7, 11) is 5.72. The van der Waals surface area contributed by atoms with Gasteiger partial charge in [0, 0.05) is 91.2 Å². The number of aromatic nitrogens is 4. The van der Waals surface area contributed by atoms with Gasteiger partial charge in [0.1, 0.15) is 11.4 Å². The number of aryl methyl sites for hydroxylation is 1. The van der Waals surface area contributed by atoms with Gasteiger partial charge in [-0.25, -0.2) is 9.97 Å². The largest absolute Gasteiger partial charge is 0.495 e. The number of rotatable bonds is 6. The molecule has 0 saturated carbocycles. The highest BCUT2D eigenvalue weighted by molar-refractivity contribution is 5.99. The SMILES string of the molecule is COc1cc(Nc2ncc(-c3ccc(C(F)(F)F)nc3)c(-c3cn(C)c4ccccc34)n2)ccc1N1CCN(C)CC1. The molecule has 4 heterocycles. The highest BCUT2D eigenvalue weighted by Gasteiger charge is 2.32. The molecule has 1 saturated heterocycles. The van der Waals surface area contributed by atoms with E-state index in [1.807, 2.05) is 60.3 Å². The number of piperazine rings is 1. The van der Waals surface area contributed by atoms with Gasteiger partial charge in [0.25, 0.3) is 0 Å². The number of methoxy groups -OCH3 is 1. The Labute approximate surface area is 241 Å². The highest BCUT2D eigenvalue weighted by atomic mass is 19.4. The van der Waals surface area contributed by atoms with E-state index in [2.05, 4.69) is 32.1 Å². The van der Waals surface area contributed by atoms with E-state index in [-0.39, 0.29) is 0 Å². The molecule has 0 aliphatic carbocycles. The number of nitrogens with one attached hydrogen (secondary N) is 1.